The fraction of sp³-hybridized carbons (Fsp3) is 0.0667. The minimum Gasteiger partial charge on any atom is -0.304 e. The van der Waals surface area contributed by atoms with Gasteiger partial charge < -0.3 is 9.97 Å². The standard InChI is InChI=1S/C18H14N.C12H10N.Ir/c1-14-13-19-18(16-10-6-3-7-11-16)12-17(14)15-8-4-2-5-9-15;1-10-7-8-12(13-9-10)11-5-3-2-4-6-11;/h2-10,12-13H,1H3;2-5,7-9H,1H3;/q2*-1;/i2*1D3;. The summed E-state index contributed by atoms with van der Waals surface area (Å²) in [5.74, 6) is 0. The number of nitrogens with zero attached hydrogens (tertiary/aromatic N) is 2. The quantitative estimate of drug-likeness (QED) is 0.199. The molecule has 0 aliphatic rings. The van der Waals surface area contributed by atoms with E-state index in [1.165, 1.54) is 12.4 Å². The van der Waals surface area contributed by atoms with Crippen LogP contribution >= 0.6 is 0 Å². The Hall–Kier alpha value is -3.39. The Bertz CT molecular complexity index is 1460. The Labute approximate surface area is 218 Å². The Morgan fingerprint density at radius 3 is 1.91 bits per heavy atom. The average Bonchev–Trinajstić information content (AvgIpc) is 2.94. The van der Waals surface area contributed by atoms with E-state index in [2.05, 4.69) is 22.1 Å². The Balaban J connectivity index is 0.000000220. The number of pyridine rings is 2. The van der Waals surface area contributed by atoms with Gasteiger partial charge in [0.15, 0.2) is 0 Å². The van der Waals surface area contributed by atoms with Crippen molar-refractivity contribution in [2.24, 2.45) is 0 Å². The van der Waals surface area contributed by atoms with Crippen molar-refractivity contribution < 1.29 is 28.3 Å². The second-order valence-corrected chi connectivity index (χ2v) is 6.97. The van der Waals surface area contributed by atoms with Crippen molar-refractivity contribution in [3.63, 3.8) is 0 Å². The summed E-state index contributed by atoms with van der Waals surface area (Å²) >= 11 is 0. The van der Waals surface area contributed by atoms with Gasteiger partial charge in [0, 0.05) is 40.7 Å². The molecule has 165 valence electrons. The maximum atomic E-state index is 7.72. The predicted molar refractivity (Wildman–Crippen MR) is 132 cm³/mol. The van der Waals surface area contributed by atoms with Crippen LogP contribution < -0.4 is 0 Å². The second-order valence-electron chi connectivity index (χ2n) is 6.97. The summed E-state index contributed by atoms with van der Waals surface area (Å²) in [4.78, 5) is 8.43. The number of aromatic nitrogens is 2. The van der Waals surface area contributed by atoms with Crippen LogP contribution in [0.2, 0.25) is 0 Å². The molecule has 0 atom stereocenters. The molecule has 0 saturated heterocycles. The zero-order chi connectivity index (χ0) is 27.2. The predicted octanol–water partition coefficient (Wildman–Crippen LogP) is 7.38. The molecule has 0 spiro atoms. The van der Waals surface area contributed by atoms with E-state index in [0.29, 0.717) is 11.3 Å². The van der Waals surface area contributed by atoms with Crippen molar-refractivity contribution in [1.82, 2.24) is 9.97 Å². The third kappa shape index (κ3) is 6.55. The van der Waals surface area contributed by atoms with Gasteiger partial charge in [-0.2, -0.15) is 0 Å². The van der Waals surface area contributed by atoms with Crippen LogP contribution in [-0.2, 0) is 20.1 Å². The second kappa shape index (κ2) is 12.0. The summed E-state index contributed by atoms with van der Waals surface area (Å²) in [6.07, 6.45) is 2.84. The molecule has 0 amide bonds. The Kier molecular flexibility index (Phi) is 6.24. The zero-order valence-corrected chi connectivity index (χ0v) is 20.0. The van der Waals surface area contributed by atoms with E-state index in [-0.39, 0.29) is 31.2 Å². The van der Waals surface area contributed by atoms with Crippen molar-refractivity contribution in [3.05, 3.63) is 133 Å². The smallest absolute Gasteiger partial charge is 0.0280 e. The van der Waals surface area contributed by atoms with Gasteiger partial charge in [0.1, 0.15) is 0 Å². The van der Waals surface area contributed by atoms with Crippen molar-refractivity contribution in [2.45, 2.75) is 13.7 Å². The first kappa shape index (κ1) is 17.1. The topological polar surface area (TPSA) is 25.8 Å². The van der Waals surface area contributed by atoms with E-state index < -0.39 is 13.7 Å². The third-order valence-corrected chi connectivity index (χ3v) is 4.72. The fourth-order valence-corrected chi connectivity index (χ4v) is 3.12. The molecule has 0 fully saturated rings. The molecule has 2 heterocycles. The summed E-state index contributed by atoms with van der Waals surface area (Å²) in [6.45, 7) is -4.29. The van der Waals surface area contributed by atoms with Crippen molar-refractivity contribution in [2.75, 3.05) is 0 Å². The minimum atomic E-state index is -2.20. The van der Waals surface area contributed by atoms with E-state index in [9.17, 15) is 0 Å². The summed E-state index contributed by atoms with van der Waals surface area (Å²) in [5.41, 5.74) is 5.22. The largest absolute Gasteiger partial charge is 0.304 e. The van der Waals surface area contributed by atoms with E-state index in [1.807, 2.05) is 78.9 Å². The first-order chi connectivity index (χ1) is 18.1. The van der Waals surface area contributed by atoms with E-state index in [1.54, 1.807) is 18.2 Å². The van der Waals surface area contributed by atoms with Crippen LogP contribution in [0.15, 0.2) is 109 Å². The average molecular weight is 611 g/mol. The summed E-state index contributed by atoms with van der Waals surface area (Å²) in [7, 11) is 0. The van der Waals surface area contributed by atoms with Crippen molar-refractivity contribution >= 4 is 0 Å². The van der Waals surface area contributed by atoms with E-state index in [0.717, 1.165) is 22.4 Å². The summed E-state index contributed by atoms with van der Waals surface area (Å²) in [6, 6.07) is 35.8. The summed E-state index contributed by atoms with van der Waals surface area (Å²) in [5, 5.41) is 0. The van der Waals surface area contributed by atoms with E-state index in [4.69, 9.17) is 8.22 Å². The first-order valence-electron chi connectivity index (χ1n) is 13.1. The molecule has 2 nitrogen and oxygen atoms in total. The van der Waals surface area contributed by atoms with Crippen LogP contribution in [0.4, 0.5) is 0 Å². The molecule has 33 heavy (non-hydrogen) atoms. The maximum Gasteiger partial charge on any atom is 0.0280 e. The molecule has 0 aliphatic carbocycles. The van der Waals surface area contributed by atoms with Crippen LogP contribution in [0.25, 0.3) is 33.6 Å². The molecule has 0 N–H and O–H groups in total. The molecule has 0 aliphatic heterocycles. The summed E-state index contributed by atoms with van der Waals surface area (Å²) < 4.78 is 44.9. The zero-order valence-electron chi connectivity index (χ0n) is 23.6. The molecule has 1 radical (unpaired) electrons. The number of rotatable bonds is 3. The fourth-order valence-electron chi connectivity index (χ4n) is 3.12. The van der Waals surface area contributed by atoms with Crippen molar-refractivity contribution in [3.8, 4) is 33.6 Å². The van der Waals surface area contributed by atoms with Gasteiger partial charge >= 0.3 is 0 Å². The van der Waals surface area contributed by atoms with Gasteiger partial charge in [-0.15, -0.1) is 71.8 Å². The van der Waals surface area contributed by atoms with Crippen LogP contribution in [0.1, 0.15) is 19.4 Å². The molecule has 0 unspecified atom stereocenters. The number of aryl methyl sites for hydroxylation is 2. The van der Waals surface area contributed by atoms with Crippen LogP contribution in [0, 0.1) is 25.8 Å². The van der Waals surface area contributed by atoms with Gasteiger partial charge in [-0.25, -0.2) is 0 Å². The number of hydrogen-bond acceptors (Lipinski definition) is 2. The van der Waals surface area contributed by atoms with Gasteiger partial charge in [0.25, 0.3) is 0 Å². The van der Waals surface area contributed by atoms with Gasteiger partial charge in [-0.3, -0.25) is 0 Å². The van der Waals surface area contributed by atoms with E-state index >= 15 is 0 Å². The van der Waals surface area contributed by atoms with Gasteiger partial charge in [0.05, 0.1) is 0 Å². The van der Waals surface area contributed by atoms with Crippen LogP contribution in [-0.4, -0.2) is 9.97 Å². The number of hydrogen-bond donors (Lipinski definition) is 0. The maximum absolute atomic E-state index is 7.72. The van der Waals surface area contributed by atoms with Crippen molar-refractivity contribution in [1.29, 1.82) is 0 Å². The molecule has 2 aromatic heterocycles. The molecule has 3 heteroatoms. The van der Waals surface area contributed by atoms with Gasteiger partial charge in [-0.05, 0) is 47.3 Å². The molecular weight excluding hydrogens is 581 g/mol. The minimum absolute atomic E-state index is 0. The molecular formula is C30H24IrN2-2. The molecule has 0 saturated carbocycles. The monoisotopic (exact) mass is 611 g/mol. The Morgan fingerprint density at radius 2 is 1.33 bits per heavy atom. The normalized spacial score (nSPS) is 13.3. The van der Waals surface area contributed by atoms with Gasteiger partial charge in [-0.1, -0.05) is 48.5 Å². The van der Waals surface area contributed by atoms with Gasteiger partial charge in [0.2, 0.25) is 0 Å². The molecule has 0 bridgehead atoms. The SMILES string of the molecule is [2H]C([2H])([2H])c1ccc(-c2[c-]cccc2)nc1.[2H]C([2H])([2H])c1cnc(-c2[c-]cccc2)cc1-c1ccccc1.[Ir]. The Morgan fingerprint density at radius 1 is 0.667 bits per heavy atom. The van der Waals surface area contributed by atoms with Crippen LogP contribution in [0.3, 0.4) is 0 Å². The molecule has 5 rings (SSSR count). The molecule has 5 aromatic rings. The number of benzene rings is 3. The first-order valence-corrected chi connectivity index (χ1v) is 10.1. The van der Waals surface area contributed by atoms with Crippen LogP contribution in [0.5, 0.6) is 0 Å². The molecule has 3 aromatic carbocycles. The third-order valence-electron chi connectivity index (χ3n) is 4.72.